The van der Waals surface area contributed by atoms with E-state index in [0.29, 0.717) is 12.8 Å². The van der Waals surface area contributed by atoms with E-state index < -0.39 is 12.1 Å². The van der Waals surface area contributed by atoms with Crippen molar-refractivity contribution in [3.05, 3.63) is 0 Å². The second-order valence-electron chi connectivity index (χ2n) is 3.93. The molecule has 16 heavy (non-hydrogen) atoms. The molecule has 0 aromatic rings. The minimum atomic E-state index is -0.776. The standard InChI is InChI=1S/C10H21N3O3/c1-7(2)13-9(14)8(11)5-3-4-6-16-10(12)15/h7-8H,3-6,11H2,1-2H3,(H2,12,15)(H,13,14)/t8-/m0/s1. The predicted octanol–water partition coefficient (Wildman–Crippen LogP) is 0.104. The highest BCUT2D eigenvalue weighted by atomic mass is 16.5. The summed E-state index contributed by atoms with van der Waals surface area (Å²) < 4.78 is 4.55. The van der Waals surface area contributed by atoms with Crippen LogP contribution in [0, 0.1) is 0 Å². The Hall–Kier alpha value is -1.30. The number of ether oxygens (including phenoxy) is 1. The summed E-state index contributed by atoms with van der Waals surface area (Å²) in [6.45, 7) is 4.03. The largest absolute Gasteiger partial charge is 0.450 e. The number of carbonyl (C=O) groups is 2. The molecule has 0 radical (unpaired) electrons. The number of carbonyl (C=O) groups excluding carboxylic acids is 2. The molecule has 0 bridgehead atoms. The van der Waals surface area contributed by atoms with Gasteiger partial charge in [0.05, 0.1) is 12.6 Å². The molecule has 0 fully saturated rings. The van der Waals surface area contributed by atoms with Crippen molar-refractivity contribution in [1.29, 1.82) is 0 Å². The monoisotopic (exact) mass is 231 g/mol. The van der Waals surface area contributed by atoms with Gasteiger partial charge in [-0.3, -0.25) is 4.79 Å². The lowest BCUT2D eigenvalue weighted by Crippen LogP contribution is -2.43. The maximum atomic E-state index is 11.4. The van der Waals surface area contributed by atoms with E-state index in [1.54, 1.807) is 0 Å². The highest BCUT2D eigenvalue weighted by Crippen LogP contribution is 2.00. The van der Waals surface area contributed by atoms with Crippen LogP contribution in [0.3, 0.4) is 0 Å². The van der Waals surface area contributed by atoms with E-state index in [4.69, 9.17) is 11.5 Å². The van der Waals surface area contributed by atoms with Gasteiger partial charge in [-0.2, -0.15) is 0 Å². The Labute approximate surface area is 95.7 Å². The number of rotatable bonds is 7. The highest BCUT2D eigenvalue weighted by Gasteiger charge is 2.13. The van der Waals surface area contributed by atoms with E-state index in [1.807, 2.05) is 13.8 Å². The van der Waals surface area contributed by atoms with Crippen LogP contribution in [0.5, 0.6) is 0 Å². The zero-order chi connectivity index (χ0) is 12.6. The SMILES string of the molecule is CC(C)NC(=O)[C@@H](N)CCCCOC(N)=O. The van der Waals surface area contributed by atoms with Gasteiger partial charge in [-0.25, -0.2) is 4.79 Å². The van der Waals surface area contributed by atoms with Gasteiger partial charge in [-0.05, 0) is 33.1 Å². The van der Waals surface area contributed by atoms with Crippen molar-refractivity contribution in [2.24, 2.45) is 11.5 Å². The number of unbranched alkanes of at least 4 members (excludes halogenated alkanes) is 1. The molecular formula is C10H21N3O3. The van der Waals surface area contributed by atoms with Gasteiger partial charge in [0.15, 0.2) is 0 Å². The lowest BCUT2D eigenvalue weighted by molar-refractivity contribution is -0.123. The number of nitrogens with one attached hydrogen (secondary N) is 1. The third-order valence-electron chi connectivity index (χ3n) is 1.92. The van der Waals surface area contributed by atoms with Crippen molar-refractivity contribution in [2.45, 2.75) is 45.2 Å². The van der Waals surface area contributed by atoms with Crippen LogP contribution in [0.1, 0.15) is 33.1 Å². The summed E-state index contributed by atoms with van der Waals surface area (Å²) in [5.74, 6) is -0.147. The van der Waals surface area contributed by atoms with Crippen LogP contribution >= 0.6 is 0 Å². The lowest BCUT2D eigenvalue weighted by atomic mass is 10.1. The first-order valence-corrected chi connectivity index (χ1v) is 5.41. The molecule has 1 atom stereocenters. The Morgan fingerprint density at radius 2 is 1.94 bits per heavy atom. The van der Waals surface area contributed by atoms with Crippen LogP contribution in [-0.2, 0) is 9.53 Å². The van der Waals surface area contributed by atoms with Crippen LogP contribution in [0.15, 0.2) is 0 Å². The van der Waals surface area contributed by atoms with Crippen LogP contribution in [0.4, 0.5) is 4.79 Å². The fourth-order valence-corrected chi connectivity index (χ4v) is 1.16. The summed E-state index contributed by atoms with van der Waals surface area (Å²) in [5, 5.41) is 2.73. The molecular weight excluding hydrogens is 210 g/mol. The molecule has 94 valence electrons. The zero-order valence-corrected chi connectivity index (χ0v) is 9.86. The third kappa shape index (κ3) is 8.05. The Morgan fingerprint density at radius 3 is 2.44 bits per heavy atom. The lowest BCUT2D eigenvalue weighted by Gasteiger charge is -2.14. The Kier molecular flexibility index (Phi) is 7.28. The molecule has 0 saturated heterocycles. The molecule has 0 aromatic carbocycles. The first-order chi connectivity index (χ1) is 7.43. The third-order valence-corrected chi connectivity index (χ3v) is 1.92. The number of nitrogens with two attached hydrogens (primary N) is 2. The molecule has 0 spiro atoms. The average molecular weight is 231 g/mol. The minimum absolute atomic E-state index is 0.0942. The molecule has 0 aliphatic heterocycles. The van der Waals surface area contributed by atoms with Gasteiger partial charge in [0.2, 0.25) is 5.91 Å². The summed E-state index contributed by atoms with van der Waals surface area (Å²) in [7, 11) is 0. The fourth-order valence-electron chi connectivity index (χ4n) is 1.16. The van der Waals surface area contributed by atoms with Crippen LogP contribution in [0.2, 0.25) is 0 Å². The molecule has 0 aliphatic rings. The van der Waals surface area contributed by atoms with E-state index in [-0.39, 0.29) is 18.6 Å². The predicted molar refractivity (Wildman–Crippen MR) is 60.6 cm³/mol. The Morgan fingerprint density at radius 1 is 1.31 bits per heavy atom. The summed E-state index contributed by atoms with van der Waals surface area (Å²) >= 11 is 0. The van der Waals surface area contributed by atoms with E-state index in [2.05, 4.69) is 10.1 Å². The Balaban J connectivity index is 3.53. The van der Waals surface area contributed by atoms with Gasteiger partial charge in [-0.15, -0.1) is 0 Å². The molecule has 6 nitrogen and oxygen atoms in total. The van der Waals surface area contributed by atoms with Crippen LogP contribution in [-0.4, -0.2) is 30.7 Å². The first-order valence-electron chi connectivity index (χ1n) is 5.41. The second-order valence-corrected chi connectivity index (χ2v) is 3.93. The van der Waals surface area contributed by atoms with Crippen molar-refractivity contribution >= 4 is 12.0 Å². The smallest absolute Gasteiger partial charge is 0.404 e. The first kappa shape index (κ1) is 14.7. The maximum absolute atomic E-state index is 11.4. The molecule has 2 amide bonds. The van der Waals surface area contributed by atoms with Gasteiger partial charge < -0.3 is 21.5 Å². The van der Waals surface area contributed by atoms with Crippen molar-refractivity contribution in [3.8, 4) is 0 Å². The van der Waals surface area contributed by atoms with E-state index in [0.717, 1.165) is 6.42 Å². The normalized spacial score (nSPS) is 12.2. The second kappa shape index (κ2) is 7.92. The quantitative estimate of drug-likeness (QED) is 0.540. The summed E-state index contributed by atoms with van der Waals surface area (Å²) in [6.07, 6.45) is 1.17. The highest BCUT2D eigenvalue weighted by molar-refractivity contribution is 5.81. The summed E-state index contributed by atoms with van der Waals surface area (Å²) in [4.78, 5) is 21.6. The van der Waals surface area contributed by atoms with Gasteiger partial charge >= 0.3 is 6.09 Å². The molecule has 5 N–H and O–H groups in total. The van der Waals surface area contributed by atoms with Crippen molar-refractivity contribution < 1.29 is 14.3 Å². The van der Waals surface area contributed by atoms with Gasteiger partial charge in [0.25, 0.3) is 0 Å². The molecule has 0 saturated carbocycles. The molecule has 6 heteroatoms. The van der Waals surface area contributed by atoms with Crippen molar-refractivity contribution in [2.75, 3.05) is 6.61 Å². The van der Waals surface area contributed by atoms with Gasteiger partial charge in [0.1, 0.15) is 0 Å². The number of hydrogen-bond donors (Lipinski definition) is 3. The molecule has 0 aliphatic carbocycles. The van der Waals surface area contributed by atoms with Gasteiger partial charge in [-0.1, -0.05) is 0 Å². The summed E-state index contributed by atoms with van der Waals surface area (Å²) in [5.41, 5.74) is 10.5. The van der Waals surface area contributed by atoms with Crippen LogP contribution < -0.4 is 16.8 Å². The zero-order valence-electron chi connectivity index (χ0n) is 9.86. The van der Waals surface area contributed by atoms with Gasteiger partial charge in [0, 0.05) is 6.04 Å². The van der Waals surface area contributed by atoms with Crippen LogP contribution in [0.25, 0.3) is 0 Å². The number of amides is 2. The molecule has 0 aromatic heterocycles. The number of hydrogen-bond acceptors (Lipinski definition) is 4. The van der Waals surface area contributed by atoms with E-state index in [9.17, 15) is 9.59 Å². The molecule has 0 heterocycles. The average Bonchev–Trinajstić information content (AvgIpc) is 2.15. The minimum Gasteiger partial charge on any atom is -0.450 e. The fraction of sp³-hybridized carbons (Fsp3) is 0.800. The van der Waals surface area contributed by atoms with Crippen molar-refractivity contribution in [1.82, 2.24) is 5.32 Å². The van der Waals surface area contributed by atoms with E-state index in [1.165, 1.54) is 0 Å². The van der Waals surface area contributed by atoms with E-state index >= 15 is 0 Å². The summed E-state index contributed by atoms with van der Waals surface area (Å²) in [6, 6.07) is -0.410. The van der Waals surface area contributed by atoms with Crippen molar-refractivity contribution in [3.63, 3.8) is 0 Å². The Bertz CT molecular complexity index is 231. The number of primary amides is 1. The topological polar surface area (TPSA) is 107 Å². The molecule has 0 rings (SSSR count). The molecule has 0 unspecified atom stereocenters. The maximum Gasteiger partial charge on any atom is 0.404 e.